The molecule has 3 nitrogen and oxygen atoms in total. The monoisotopic (exact) mass is 333 g/mol. The Balaban J connectivity index is 2.43. The fourth-order valence-electron chi connectivity index (χ4n) is 1.79. The number of fused-ring (bicyclic) bond motifs is 1. The van der Waals surface area contributed by atoms with Crippen LogP contribution in [-0.2, 0) is 0 Å². The standard InChI is InChI=1S/C15H15ClF3NO2/c1-3-9(2)22-12-7-13(21-8-15(17,18)19)20-14-10(12)5-4-6-11(14)16/h4-7,9H,3,8H2,1-2H3. The van der Waals surface area contributed by atoms with E-state index in [-0.39, 0.29) is 12.0 Å². The molecule has 22 heavy (non-hydrogen) atoms. The largest absolute Gasteiger partial charge is 0.490 e. The number of ether oxygens (including phenoxy) is 2. The van der Waals surface area contributed by atoms with Crippen molar-refractivity contribution in [3.63, 3.8) is 0 Å². The number of para-hydroxylation sites is 1. The van der Waals surface area contributed by atoms with Crippen molar-refractivity contribution in [2.75, 3.05) is 6.61 Å². The van der Waals surface area contributed by atoms with Gasteiger partial charge in [-0.25, -0.2) is 4.98 Å². The van der Waals surface area contributed by atoms with Crippen LogP contribution in [0.15, 0.2) is 24.3 Å². The first-order valence-electron chi connectivity index (χ1n) is 6.75. The predicted octanol–water partition coefficient (Wildman–Crippen LogP) is 5.01. The number of aromatic nitrogens is 1. The fraction of sp³-hybridized carbons (Fsp3) is 0.400. The molecule has 0 N–H and O–H groups in total. The molecule has 0 spiro atoms. The van der Waals surface area contributed by atoms with Gasteiger partial charge in [0.2, 0.25) is 5.88 Å². The average Bonchev–Trinajstić information content (AvgIpc) is 2.45. The summed E-state index contributed by atoms with van der Waals surface area (Å²) in [6.07, 6.45) is -3.78. The lowest BCUT2D eigenvalue weighted by molar-refractivity contribution is -0.154. The number of benzene rings is 1. The van der Waals surface area contributed by atoms with Gasteiger partial charge in [0.05, 0.1) is 16.6 Å². The lowest BCUT2D eigenvalue weighted by Gasteiger charge is -2.16. The minimum atomic E-state index is -4.44. The van der Waals surface area contributed by atoms with Gasteiger partial charge in [-0.05, 0) is 25.5 Å². The van der Waals surface area contributed by atoms with Crippen molar-refractivity contribution in [2.24, 2.45) is 0 Å². The van der Waals surface area contributed by atoms with Gasteiger partial charge in [-0.15, -0.1) is 0 Å². The van der Waals surface area contributed by atoms with E-state index < -0.39 is 12.8 Å². The van der Waals surface area contributed by atoms with Crippen LogP contribution in [0.3, 0.4) is 0 Å². The van der Waals surface area contributed by atoms with E-state index in [0.29, 0.717) is 21.7 Å². The number of alkyl halides is 3. The molecule has 0 bridgehead atoms. The van der Waals surface area contributed by atoms with Crippen molar-refractivity contribution in [3.8, 4) is 11.6 Å². The van der Waals surface area contributed by atoms with Crippen LogP contribution in [0.1, 0.15) is 20.3 Å². The molecule has 1 unspecified atom stereocenters. The van der Waals surface area contributed by atoms with Crippen LogP contribution in [0.4, 0.5) is 13.2 Å². The summed E-state index contributed by atoms with van der Waals surface area (Å²) in [5.74, 6) is 0.232. The Kier molecular flexibility index (Phi) is 5.01. The van der Waals surface area contributed by atoms with Gasteiger partial charge in [-0.3, -0.25) is 0 Å². The number of halogens is 4. The smallest absolute Gasteiger partial charge is 0.422 e. The molecule has 1 aromatic heterocycles. The molecule has 0 saturated carbocycles. The molecule has 1 atom stereocenters. The Morgan fingerprint density at radius 3 is 2.68 bits per heavy atom. The number of nitrogens with zero attached hydrogens (tertiary/aromatic N) is 1. The predicted molar refractivity (Wildman–Crippen MR) is 78.7 cm³/mol. The third kappa shape index (κ3) is 4.16. The van der Waals surface area contributed by atoms with Crippen LogP contribution in [0, 0.1) is 0 Å². The second-order valence-corrected chi connectivity index (χ2v) is 5.24. The second kappa shape index (κ2) is 6.60. The van der Waals surface area contributed by atoms with E-state index in [4.69, 9.17) is 21.1 Å². The number of rotatable bonds is 5. The average molecular weight is 334 g/mol. The maximum atomic E-state index is 12.3. The highest BCUT2D eigenvalue weighted by Gasteiger charge is 2.29. The molecule has 1 heterocycles. The molecule has 2 aromatic rings. The molecule has 7 heteroatoms. The molecule has 120 valence electrons. The highest BCUT2D eigenvalue weighted by molar-refractivity contribution is 6.35. The summed E-state index contributed by atoms with van der Waals surface area (Å²) in [6, 6.07) is 6.44. The Morgan fingerprint density at radius 2 is 2.05 bits per heavy atom. The van der Waals surface area contributed by atoms with Crippen molar-refractivity contribution in [1.82, 2.24) is 4.98 Å². The molecule has 1 aromatic carbocycles. The summed E-state index contributed by atoms with van der Waals surface area (Å²) >= 11 is 6.07. The third-order valence-electron chi connectivity index (χ3n) is 3.02. The Bertz CT molecular complexity index is 661. The Morgan fingerprint density at radius 1 is 1.32 bits per heavy atom. The lowest BCUT2D eigenvalue weighted by atomic mass is 10.2. The minimum Gasteiger partial charge on any atom is -0.490 e. The van der Waals surface area contributed by atoms with E-state index in [2.05, 4.69) is 4.98 Å². The van der Waals surface area contributed by atoms with Crippen LogP contribution in [0.2, 0.25) is 5.02 Å². The zero-order valence-electron chi connectivity index (χ0n) is 12.1. The van der Waals surface area contributed by atoms with Crippen molar-refractivity contribution >= 4 is 22.5 Å². The summed E-state index contributed by atoms with van der Waals surface area (Å²) in [4.78, 5) is 4.04. The van der Waals surface area contributed by atoms with Crippen LogP contribution < -0.4 is 9.47 Å². The molecule has 0 aliphatic rings. The summed E-state index contributed by atoms with van der Waals surface area (Å²) < 4.78 is 47.3. The van der Waals surface area contributed by atoms with Gasteiger partial charge >= 0.3 is 6.18 Å². The quantitative estimate of drug-likeness (QED) is 0.771. The molecule has 0 fully saturated rings. The van der Waals surface area contributed by atoms with E-state index in [0.717, 1.165) is 6.42 Å². The summed E-state index contributed by atoms with van der Waals surface area (Å²) in [5, 5.41) is 0.955. The van der Waals surface area contributed by atoms with E-state index in [1.54, 1.807) is 18.2 Å². The molecule has 0 aliphatic carbocycles. The van der Waals surface area contributed by atoms with Crippen LogP contribution in [-0.4, -0.2) is 23.9 Å². The first kappa shape index (κ1) is 16.7. The van der Waals surface area contributed by atoms with Crippen LogP contribution >= 0.6 is 11.6 Å². The number of pyridine rings is 1. The lowest BCUT2D eigenvalue weighted by Crippen LogP contribution is -2.19. The highest BCUT2D eigenvalue weighted by atomic mass is 35.5. The zero-order valence-corrected chi connectivity index (χ0v) is 12.8. The molecule has 2 rings (SSSR count). The molecule has 0 amide bonds. The van der Waals surface area contributed by atoms with Gasteiger partial charge < -0.3 is 9.47 Å². The van der Waals surface area contributed by atoms with Crippen LogP contribution in [0.5, 0.6) is 11.6 Å². The highest BCUT2D eigenvalue weighted by Crippen LogP contribution is 2.33. The molecular formula is C15H15ClF3NO2. The summed E-state index contributed by atoms with van der Waals surface area (Å²) in [7, 11) is 0. The Labute approximate surface area is 131 Å². The van der Waals surface area contributed by atoms with Crippen molar-refractivity contribution in [1.29, 1.82) is 0 Å². The van der Waals surface area contributed by atoms with Crippen molar-refractivity contribution < 1.29 is 22.6 Å². The van der Waals surface area contributed by atoms with E-state index in [9.17, 15) is 13.2 Å². The number of hydrogen-bond donors (Lipinski definition) is 0. The van der Waals surface area contributed by atoms with Gasteiger partial charge in [0.1, 0.15) is 5.75 Å². The minimum absolute atomic E-state index is 0.0972. The second-order valence-electron chi connectivity index (χ2n) is 4.84. The maximum absolute atomic E-state index is 12.3. The van der Waals surface area contributed by atoms with Crippen molar-refractivity contribution in [3.05, 3.63) is 29.3 Å². The van der Waals surface area contributed by atoms with Crippen LogP contribution in [0.25, 0.3) is 10.9 Å². The summed E-state index contributed by atoms with van der Waals surface area (Å²) in [5.41, 5.74) is 0.349. The molecule has 0 saturated heterocycles. The first-order valence-corrected chi connectivity index (χ1v) is 7.13. The number of hydrogen-bond acceptors (Lipinski definition) is 3. The van der Waals surface area contributed by atoms with Gasteiger partial charge in [-0.1, -0.05) is 24.6 Å². The Hall–Kier alpha value is -1.69. The van der Waals surface area contributed by atoms with E-state index in [1.807, 2.05) is 13.8 Å². The maximum Gasteiger partial charge on any atom is 0.422 e. The summed E-state index contributed by atoms with van der Waals surface area (Å²) in [6.45, 7) is 2.40. The zero-order chi connectivity index (χ0) is 16.3. The normalized spacial score (nSPS) is 13.2. The fourth-order valence-corrected chi connectivity index (χ4v) is 2.00. The van der Waals surface area contributed by atoms with E-state index in [1.165, 1.54) is 6.07 Å². The molecule has 0 aliphatic heterocycles. The van der Waals surface area contributed by atoms with Gasteiger partial charge in [0.25, 0.3) is 0 Å². The van der Waals surface area contributed by atoms with Gasteiger partial charge in [0.15, 0.2) is 6.61 Å². The van der Waals surface area contributed by atoms with Crippen molar-refractivity contribution in [2.45, 2.75) is 32.5 Å². The van der Waals surface area contributed by atoms with Gasteiger partial charge in [0, 0.05) is 11.5 Å². The third-order valence-corrected chi connectivity index (χ3v) is 3.32. The first-order chi connectivity index (χ1) is 10.3. The van der Waals surface area contributed by atoms with Gasteiger partial charge in [-0.2, -0.15) is 13.2 Å². The topological polar surface area (TPSA) is 31.4 Å². The van der Waals surface area contributed by atoms with E-state index >= 15 is 0 Å². The molecule has 0 radical (unpaired) electrons. The SMILES string of the molecule is CCC(C)Oc1cc(OCC(F)(F)F)nc2c(Cl)cccc12. The molecular weight excluding hydrogens is 319 g/mol.